The van der Waals surface area contributed by atoms with Gasteiger partial charge in [-0.3, -0.25) is 0 Å². The van der Waals surface area contributed by atoms with E-state index in [1.54, 1.807) is 0 Å². The van der Waals surface area contributed by atoms with E-state index in [1.807, 2.05) is 0 Å². The monoisotopic (exact) mass is 161 g/mol. The molecule has 1 N–H and O–H groups in total. The minimum absolute atomic E-state index is 0.0414. The molecule has 0 rings (SSSR count). The van der Waals surface area contributed by atoms with Gasteiger partial charge < -0.3 is 5.21 Å². The lowest BCUT2D eigenvalue weighted by Crippen LogP contribution is -3.06. The minimum Gasteiger partial charge on any atom is -0.600 e. The minimum atomic E-state index is -0.0414. The fourth-order valence-electron chi connectivity index (χ4n) is 0.724. The lowest BCUT2D eigenvalue weighted by atomic mass is 10.3. The van der Waals surface area contributed by atoms with E-state index in [4.69, 9.17) is 4.84 Å². The summed E-state index contributed by atoms with van der Waals surface area (Å²) in [6, 6.07) is 0. The van der Waals surface area contributed by atoms with Gasteiger partial charge in [-0.2, -0.15) is 0 Å². The normalized spacial score (nSPS) is 13.4. The van der Waals surface area contributed by atoms with Crippen LogP contribution >= 0.6 is 0 Å². The molecule has 0 saturated carbocycles. The molecule has 1 unspecified atom stereocenters. The van der Waals surface area contributed by atoms with Gasteiger partial charge in [0.15, 0.2) is 0 Å². The first-order chi connectivity index (χ1) is 5.31. The number of hydrogen-bond donors (Lipinski definition) is 1. The van der Waals surface area contributed by atoms with Gasteiger partial charge in [-0.1, -0.05) is 26.7 Å². The van der Waals surface area contributed by atoms with E-state index in [-0.39, 0.29) is 5.23 Å². The van der Waals surface area contributed by atoms with Crippen molar-refractivity contribution in [2.45, 2.75) is 39.5 Å². The van der Waals surface area contributed by atoms with Crippen LogP contribution in [0.25, 0.3) is 0 Å². The highest BCUT2D eigenvalue weighted by molar-refractivity contribution is 4.28. The fraction of sp³-hybridized carbons (Fsp3) is 1.00. The van der Waals surface area contributed by atoms with Crippen LogP contribution in [0.1, 0.15) is 39.5 Å². The molecular weight excluding hydrogens is 142 g/mol. The Balaban J connectivity index is 3.02. The maximum absolute atomic E-state index is 10.9. The van der Waals surface area contributed by atoms with E-state index in [9.17, 15) is 5.21 Å². The van der Waals surface area contributed by atoms with Gasteiger partial charge in [0.2, 0.25) is 0 Å². The van der Waals surface area contributed by atoms with E-state index in [1.165, 1.54) is 0 Å². The number of nitrogens with one attached hydrogen (secondary N) is 1. The van der Waals surface area contributed by atoms with Crippen molar-refractivity contribution in [3.8, 4) is 0 Å². The lowest BCUT2D eigenvalue weighted by molar-refractivity contribution is -1.05. The molecule has 3 nitrogen and oxygen atoms in total. The lowest BCUT2D eigenvalue weighted by Gasteiger charge is -2.18. The summed E-state index contributed by atoms with van der Waals surface area (Å²) in [7, 11) is 0. The summed E-state index contributed by atoms with van der Waals surface area (Å²) < 4.78 is 0. The zero-order valence-electron chi connectivity index (χ0n) is 7.56. The quantitative estimate of drug-likeness (QED) is 0.445. The first kappa shape index (κ1) is 10.9. The molecule has 0 fully saturated rings. The second-order valence-corrected chi connectivity index (χ2v) is 2.68. The molecule has 0 bridgehead atoms. The molecule has 0 heterocycles. The summed E-state index contributed by atoms with van der Waals surface area (Å²) in [4.78, 5) is 4.95. The van der Waals surface area contributed by atoms with Crippen LogP contribution in [0.3, 0.4) is 0 Å². The predicted molar refractivity (Wildman–Crippen MR) is 45.0 cm³/mol. The zero-order chi connectivity index (χ0) is 8.53. The second kappa shape index (κ2) is 7.98. The van der Waals surface area contributed by atoms with Crippen molar-refractivity contribution in [3.63, 3.8) is 0 Å². The smallest absolute Gasteiger partial charge is 0.107 e. The van der Waals surface area contributed by atoms with Crippen LogP contribution in [0.5, 0.6) is 0 Å². The van der Waals surface area contributed by atoms with Gasteiger partial charge >= 0.3 is 0 Å². The molecule has 3 heteroatoms. The molecule has 0 radical (unpaired) electrons. The highest BCUT2D eigenvalue weighted by atomic mass is 16.9. The van der Waals surface area contributed by atoms with Crippen molar-refractivity contribution in [2.75, 3.05) is 13.2 Å². The summed E-state index contributed by atoms with van der Waals surface area (Å²) in [5.41, 5.74) is 0. The molecule has 0 amide bonds. The topological polar surface area (TPSA) is 36.7 Å². The summed E-state index contributed by atoms with van der Waals surface area (Å²) in [5.74, 6) is 0. The van der Waals surface area contributed by atoms with Gasteiger partial charge in [0.25, 0.3) is 0 Å². The predicted octanol–water partition coefficient (Wildman–Crippen LogP) is 0.901. The third-order valence-electron chi connectivity index (χ3n) is 1.50. The maximum atomic E-state index is 10.9. The molecule has 0 aromatic carbocycles. The summed E-state index contributed by atoms with van der Waals surface area (Å²) >= 11 is 0. The Bertz CT molecular complexity index is 78.5. The van der Waals surface area contributed by atoms with Crippen molar-refractivity contribution in [1.29, 1.82) is 0 Å². The second-order valence-electron chi connectivity index (χ2n) is 2.68. The summed E-state index contributed by atoms with van der Waals surface area (Å²) in [6.07, 6.45) is 4.08. The number of unbranched alkanes of at least 4 members (excludes halogenated alkanes) is 2. The van der Waals surface area contributed by atoms with Crippen LogP contribution in [0.2, 0.25) is 0 Å². The molecule has 0 aromatic rings. The molecule has 0 aromatic heterocycles. The van der Waals surface area contributed by atoms with Crippen LogP contribution in [0.4, 0.5) is 0 Å². The number of quaternary nitrogens is 1. The van der Waals surface area contributed by atoms with Crippen LogP contribution in [-0.2, 0) is 4.84 Å². The fourth-order valence-corrected chi connectivity index (χ4v) is 0.724. The first-order valence-corrected chi connectivity index (χ1v) is 4.46. The molecule has 0 spiro atoms. The van der Waals surface area contributed by atoms with Crippen LogP contribution in [-0.4, -0.2) is 13.2 Å². The van der Waals surface area contributed by atoms with Crippen LogP contribution in [0.15, 0.2) is 0 Å². The van der Waals surface area contributed by atoms with E-state index in [0.29, 0.717) is 13.2 Å². The van der Waals surface area contributed by atoms with Crippen molar-refractivity contribution in [2.24, 2.45) is 0 Å². The van der Waals surface area contributed by atoms with Crippen molar-refractivity contribution in [3.05, 3.63) is 5.21 Å². The molecular formula is C8H19NO2. The first-order valence-electron chi connectivity index (χ1n) is 4.46. The van der Waals surface area contributed by atoms with Crippen molar-refractivity contribution in [1.82, 2.24) is 0 Å². The molecule has 0 aliphatic heterocycles. The molecule has 0 aliphatic rings. The Kier molecular flexibility index (Phi) is 7.89. The third kappa shape index (κ3) is 7.78. The molecule has 0 saturated heterocycles. The Morgan fingerprint density at radius 2 is 1.82 bits per heavy atom. The third-order valence-corrected chi connectivity index (χ3v) is 1.50. The van der Waals surface area contributed by atoms with Gasteiger partial charge in [0.05, 0.1) is 0 Å². The highest BCUT2D eigenvalue weighted by Gasteiger charge is 1.95. The summed E-state index contributed by atoms with van der Waals surface area (Å²) in [5, 5.41) is 10.8. The van der Waals surface area contributed by atoms with E-state index >= 15 is 0 Å². The van der Waals surface area contributed by atoms with Crippen LogP contribution in [0, 0.1) is 5.21 Å². The Hall–Kier alpha value is -0.120. The number of hydroxylamine groups is 2. The summed E-state index contributed by atoms with van der Waals surface area (Å²) in [6.45, 7) is 5.33. The van der Waals surface area contributed by atoms with E-state index in [0.717, 1.165) is 25.7 Å². The van der Waals surface area contributed by atoms with Gasteiger partial charge in [-0.05, 0) is 12.8 Å². The Morgan fingerprint density at radius 1 is 1.18 bits per heavy atom. The van der Waals surface area contributed by atoms with Gasteiger partial charge in [-0.25, -0.2) is 10.1 Å². The van der Waals surface area contributed by atoms with Crippen molar-refractivity contribution < 1.29 is 10.1 Å². The van der Waals surface area contributed by atoms with Gasteiger partial charge in [0.1, 0.15) is 13.2 Å². The largest absolute Gasteiger partial charge is 0.600 e. The van der Waals surface area contributed by atoms with Gasteiger partial charge in [-0.15, -0.1) is 0 Å². The molecule has 68 valence electrons. The van der Waals surface area contributed by atoms with Crippen LogP contribution < -0.4 is 5.23 Å². The Labute approximate surface area is 68.9 Å². The highest BCUT2D eigenvalue weighted by Crippen LogP contribution is 1.84. The Morgan fingerprint density at radius 3 is 2.36 bits per heavy atom. The molecule has 1 atom stereocenters. The van der Waals surface area contributed by atoms with E-state index in [2.05, 4.69) is 13.8 Å². The number of hydrogen-bond acceptors (Lipinski definition) is 2. The zero-order valence-corrected chi connectivity index (χ0v) is 7.56. The molecule has 11 heavy (non-hydrogen) atoms. The standard InChI is InChI=1S/C8H19NO2/c1-3-5-7-9(10)11-8-6-4-2/h9H,3-8H2,1-2H3. The van der Waals surface area contributed by atoms with Crippen molar-refractivity contribution >= 4 is 0 Å². The van der Waals surface area contributed by atoms with Gasteiger partial charge in [0, 0.05) is 0 Å². The average molecular weight is 161 g/mol. The SMILES string of the molecule is CCCCO[NH+]([O-])CCCC. The maximum Gasteiger partial charge on any atom is 0.107 e. The average Bonchev–Trinajstić information content (AvgIpc) is 2.01. The number of rotatable bonds is 7. The molecule has 0 aliphatic carbocycles. The van der Waals surface area contributed by atoms with E-state index < -0.39 is 0 Å².